The number of aromatic nitrogens is 1. The lowest BCUT2D eigenvalue weighted by Gasteiger charge is -2.11. The van der Waals surface area contributed by atoms with Crippen molar-refractivity contribution in [2.45, 2.75) is 11.8 Å². The molecule has 20 heavy (non-hydrogen) atoms. The van der Waals surface area contributed by atoms with Crippen molar-refractivity contribution in [3.05, 3.63) is 47.7 Å². The Bertz CT molecular complexity index is 794. The van der Waals surface area contributed by atoms with Gasteiger partial charge in [-0.05, 0) is 36.8 Å². The maximum Gasteiger partial charge on any atom is 0.265 e. The van der Waals surface area contributed by atoms with Crippen LogP contribution in [0.1, 0.15) is 11.1 Å². The molecule has 1 heterocycles. The van der Waals surface area contributed by atoms with Crippen LogP contribution in [0.2, 0.25) is 0 Å². The smallest absolute Gasteiger partial charge is 0.265 e. The third-order valence-corrected chi connectivity index (χ3v) is 4.08. The highest BCUT2D eigenvalue weighted by Gasteiger charge is 2.19. The Morgan fingerprint density at radius 2 is 2.10 bits per heavy atom. The number of hydrogen-bond donors (Lipinski definition) is 2. The summed E-state index contributed by atoms with van der Waals surface area (Å²) in [6.45, 7) is 1.74. The molecule has 0 aliphatic rings. The van der Waals surface area contributed by atoms with E-state index in [0.29, 0.717) is 11.1 Å². The molecular weight excluding hydrogens is 276 g/mol. The van der Waals surface area contributed by atoms with Gasteiger partial charge in [0, 0.05) is 6.20 Å². The number of nitrogens with zero attached hydrogens (tertiary/aromatic N) is 2. The number of hydrogen-bond acceptors (Lipinski definition) is 5. The monoisotopic (exact) mass is 288 g/mol. The van der Waals surface area contributed by atoms with E-state index in [9.17, 15) is 8.42 Å². The molecule has 0 atom stereocenters. The molecule has 7 heteroatoms. The van der Waals surface area contributed by atoms with Crippen LogP contribution >= 0.6 is 0 Å². The van der Waals surface area contributed by atoms with Gasteiger partial charge in [-0.2, -0.15) is 5.26 Å². The summed E-state index contributed by atoms with van der Waals surface area (Å²) < 4.78 is 26.9. The fourth-order valence-electron chi connectivity index (χ4n) is 1.64. The number of anilines is 2. The fraction of sp³-hybridized carbons (Fsp3) is 0.0769. The summed E-state index contributed by atoms with van der Waals surface area (Å²) in [5, 5.41) is 8.75. The molecule has 0 amide bonds. The second kappa shape index (κ2) is 5.19. The van der Waals surface area contributed by atoms with Crippen LogP contribution in [0.4, 0.5) is 11.5 Å². The molecule has 3 N–H and O–H groups in total. The zero-order valence-electron chi connectivity index (χ0n) is 10.7. The van der Waals surface area contributed by atoms with E-state index in [1.54, 1.807) is 19.1 Å². The molecule has 0 fully saturated rings. The first-order valence-electron chi connectivity index (χ1n) is 5.68. The SMILES string of the molecule is Cc1cccnc1NS(=O)(=O)c1ccc(C#N)cc1N. The highest BCUT2D eigenvalue weighted by Crippen LogP contribution is 2.22. The molecule has 6 nitrogen and oxygen atoms in total. The molecule has 2 aromatic rings. The molecule has 0 aliphatic heterocycles. The van der Waals surface area contributed by atoms with Crippen molar-refractivity contribution in [3.8, 4) is 6.07 Å². The number of sulfonamides is 1. The van der Waals surface area contributed by atoms with Crippen LogP contribution in [0, 0.1) is 18.3 Å². The summed E-state index contributed by atoms with van der Waals surface area (Å²) in [6, 6.07) is 9.37. The number of nitriles is 1. The first-order valence-corrected chi connectivity index (χ1v) is 7.16. The predicted molar refractivity (Wildman–Crippen MR) is 75.4 cm³/mol. The summed E-state index contributed by atoms with van der Waals surface area (Å²) in [6.07, 6.45) is 1.49. The lowest BCUT2D eigenvalue weighted by Crippen LogP contribution is -2.16. The van der Waals surface area contributed by atoms with E-state index in [1.165, 1.54) is 24.4 Å². The van der Waals surface area contributed by atoms with Gasteiger partial charge in [-0.25, -0.2) is 13.4 Å². The van der Waals surface area contributed by atoms with Crippen molar-refractivity contribution < 1.29 is 8.42 Å². The number of aryl methyl sites for hydroxylation is 1. The lowest BCUT2D eigenvalue weighted by molar-refractivity contribution is 0.601. The quantitative estimate of drug-likeness (QED) is 0.834. The first kappa shape index (κ1) is 13.8. The normalized spacial score (nSPS) is 10.8. The van der Waals surface area contributed by atoms with Gasteiger partial charge in [0.15, 0.2) is 0 Å². The van der Waals surface area contributed by atoms with Crippen molar-refractivity contribution in [1.82, 2.24) is 4.98 Å². The molecule has 102 valence electrons. The zero-order chi connectivity index (χ0) is 14.8. The van der Waals surface area contributed by atoms with Crippen molar-refractivity contribution in [3.63, 3.8) is 0 Å². The zero-order valence-corrected chi connectivity index (χ0v) is 11.5. The van der Waals surface area contributed by atoms with Gasteiger partial charge in [-0.1, -0.05) is 6.07 Å². The second-order valence-corrected chi connectivity index (χ2v) is 5.79. The van der Waals surface area contributed by atoms with E-state index in [1.807, 2.05) is 6.07 Å². The maximum absolute atomic E-state index is 12.3. The second-order valence-electron chi connectivity index (χ2n) is 4.14. The molecule has 0 bridgehead atoms. The topological polar surface area (TPSA) is 109 Å². The number of rotatable bonds is 3. The molecule has 1 aromatic heterocycles. The van der Waals surface area contributed by atoms with Gasteiger partial charge >= 0.3 is 0 Å². The van der Waals surface area contributed by atoms with Gasteiger partial charge in [-0.15, -0.1) is 0 Å². The summed E-state index contributed by atoms with van der Waals surface area (Å²) in [5.41, 5.74) is 6.70. The predicted octanol–water partition coefficient (Wildman–Crippen LogP) is 1.64. The Labute approximate surface area is 116 Å². The van der Waals surface area contributed by atoms with E-state index in [0.717, 1.165) is 0 Å². The third kappa shape index (κ3) is 2.70. The first-order chi connectivity index (χ1) is 9.44. The fourth-order valence-corrected chi connectivity index (χ4v) is 2.83. The van der Waals surface area contributed by atoms with Crippen LogP contribution in [0.15, 0.2) is 41.4 Å². The van der Waals surface area contributed by atoms with Crippen LogP contribution in [0.25, 0.3) is 0 Å². The van der Waals surface area contributed by atoms with Gasteiger partial charge in [-0.3, -0.25) is 4.72 Å². The van der Waals surface area contributed by atoms with Crippen molar-refractivity contribution in [1.29, 1.82) is 5.26 Å². The Hall–Kier alpha value is -2.59. The molecule has 0 saturated carbocycles. The number of nitrogen functional groups attached to an aromatic ring is 1. The molecular formula is C13H12N4O2S. The number of nitrogens with two attached hydrogens (primary N) is 1. The average molecular weight is 288 g/mol. The van der Waals surface area contributed by atoms with Crippen molar-refractivity contribution in [2.75, 3.05) is 10.5 Å². The Kier molecular flexibility index (Phi) is 3.59. The molecule has 2 rings (SSSR count). The largest absolute Gasteiger partial charge is 0.398 e. The third-order valence-electron chi connectivity index (χ3n) is 2.67. The Morgan fingerprint density at radius 1 is 1.35 bits per heavy atom. The van der Waals surface area contributed by atoms with E-state index in [4.69, 9.17) is 11.0 Å². The molecule has 0 spiro atoms. The lowest BCUT2D eigenvalue weighted by atomic mass is 10.2. The van der Waals surface area contributed by atoms with Gasteiger partial charge in [0.05, 0.1) is 17.3 Å². The minimum atomic E-state index is -3.84. The standard InChI is InChI=1S/C13H12N4O2S/c1-9-3-2-6-16-13(9)17-20(18,19)12-5-4-10(8-14)7-11(12)15/h2-7H,15H2,1H3,(H,16,17). The molecule has 0 unspecified atom stereocenters. The van der Waals surface area contributed by atoms with Crippen LogP contribution in [-0.4, -0.2) is 13.4 Å². The molecule has 0 aliphatic carbocycles. The van der Waals surface area contributed by atoms with Crippen LogP contribution in [0.3, 0.4) is 0 Å². The maximum atomic E-state index is 12.3. The van der Waals surface area contributed by atoms with Crippen LogP contribution in [0.5, 0.6) is 0 Å². The highest BCUT2D eigenvalue weighted by atomic mass is 32.2. The number of benzene rings is 1. The average Bonchev–Trinajstić information content (AvgIpc) is 2.40. The summed E-state index contributed by atoms with van der Waals surface area (Å²) in [4.78, 5) is 3.89. The highest BCUT2D eigenvalue weighted by molar-refractivity contribution is 7.92. The van der Waals surface area contributed by atoms with E-state index < -0.39 is 10.0 Å². The minimum Gasteiger partial charge on any atom is -0.398 e. The van der Waals surface area contributed by atoms with E-state index >= 15 is 0 Å². The van der Waals surface area contributed by atoms with Gasteiger partial charge < -0.3 is 5.73 Å². The molecule has 0 saturated heterocycles. The van der Waals surface area contributed by atoms with E-state index in [2.05, 4.69) is 9.71 Å². The summed E-state index contributed by atoms with van der Waals surface area (Å²) in [5.74, 6) is 0.247. The van der Waals surface area contributed by atoms with Gasteiger partial charge in [0.25, 0.3) is 10.0 Å². The summed E-state index contributed by atoms with van der Waals surface area (Å²) in [7, 11) is -3.84. The summed E-state index contributed by atoms with van der Waals surface area (Å²) >= 11 is 0. The van der Waals surface area contributed by atoms with Crippen LogP contribution in [-0.2, 0) is 10.0 Å². The Balaban J connectivity index is 2.42. The van der Waals surface area contributed by atoms with Crippen molar-refractivity contribution >= 4 is 21.5 Å². The molecule has 0 radical (unpaired) electrons. The Morgan fingerprint density at radius 3 is 2.70 bits per heavy atom. The van der Waals surface area contributed by atoms with Gasteiger partial charge in [0.1, 0.15) is 10.7 Å². The number of nitrogens with one attached hydrogen (secondary N) is 1. The van der Waals surface area contributed by atoms with Gasteiger partial charge in [0.2, 0.25) is 0 Å². The van der Waals surface area contributed by atoms with Crippen molar-refractivity contribution in [2.24, 2.45) is 0 Å². The number of pyridine rings is 1. The molecule has 1 aromatic carbocycles. The van der Waals surface area contributed by atoms with E-state index in [-0.39, 0.29) is 16.4 Å². The minimum absolute atomic E-state index is 0.0186. The van der Waals surface area contributed by atoms with Crippen LogP contribution < -0.4 is 10.5 Å².